The maximum Gasteiger partial charge on any atom is 0.121 e. The number of benzene rings is 1. The van der Waals surface area contributed by atoms with Gasteiger partial charge in [0.05, 0.1) is 18.5 Å². The predicted molar refractivity (Wildman–Crippen MR) is 80.9 cm³/mol. The lowest BCUT2D eigenvalue weighted by Crippen LogP contribution is -2.47. The number of nitrogen functional groups attached to an aromatic ring is 1. The monoisotopic (exact) mass is 263 g/mol. The summed E-state index contributed by atoms with van der Waals surface area (Å²) in [4.78, 5) is 4.90. The van der Waals surface area contributed by atoms with Crippen LogP contribution in [0.15, 0.2) is 18.2 Å². The molecule has 0 unspecified atom stereocenters. The number of nitrogens with two attached hydrogens (primary N) is 1. The van der Waals surface area contributed by atoms with Crippen LogP contribution < -0.4 is 15.4 Å². The molecule has 1 aromatic rings. The Morgan fingerprint density at radius 3 is 2.42 bits per heavy atom. The number of hydrogen-bond donors (Lipinski definition) is 1. The Balaban J connectivity index is 1.97. The molecule has 1 saturated heterocycles. The van der Waals surface area contributed by atoms with E-state index in [0.717, 1.165) is 49.2 Å². The maximum absolute atomic E-state index is 6.11. The fraction of sp³-hybridized carbons (Fsp3) is 0.600. The number of hydrogen-bond acceptors (Lipinski definition) is 4. The van der Waals surface area contributed by atoms with Gasteiger partial charge in [-0.15, -0.1) is 0 Å². The first-order valence-corrected chi connectivity index (χ1v) is 7.01. The minimum Gasteiger partial charge on any atom is -0.497 e. The molecule has 0 amide bonds. The normalized spacial score (nSPS) is 16.9. The lowest BCUT2D eigenvalue weighted by atomic mass is 10.1. The molecule has 4 heteroatoms. The van der Waals surface area contributed by atoms with Crippen molar-refractivity contribution in [3.63, 3.8) is 0 Å². The zero-order chi connectivity index (χ0) is 13.8. The summed E-state index contributed by atoms with van der Waals surface area (Å²) >= 11 is 0. The minimum atomic E-state index is 0.734. The van der Waals surface area contributed by atoms with Crippen LogP contribution in [0.2, 0.25) is 0 Å². The molecule has 0 aliphatic carbocycles. The molecule has 2 rings (SSSR count). The highest BCUT2D eigenvalue weighted by Crippen LogP contribution is 2.28. The second kappa shape index (κ2) is 6.15. The van der Waals surface area contributed by atoms with Crippen LogP contribution in [0.1, 0.15) is 13.8 Å². The van der Waals surface area contributed by atoms with Gasteiger partial charge in [-0.25, -0.2) is 0 Å². The summed E-state index contributed by atoms with van der Waals surface area (Å²) in [7, 11) is 1.67. The average molecular weight is 263 g/mol. The molecule has 0 radical (unpaired) electrons. The SMILES string of the molecule is COc1ccc(N2CCN(CC(C)C)CC2)c(N)c1. The largest absolute Gasteiger partial charge is 0.497 e. The number of rotatable bonds is 4. The van der Waals surface area contributed by atoms with Crippen molar-refractivity contribution in [3.8, 4) is 5.75 Å². The molecule has 0 atom stereocenters. The van der Waals surface area contributed by atoms with Gasteiger partial charge >= 0.3 is 0 Å². The quantitative estimate of drug-likeness (QED) is 0.844. The second-order valence-electron chi connectivity index (χ2n) is 5.61. The first-order valence-electron chi connectivity index (χ1n) is 7.01. The van der Waals surface area contributed by atoms with Gasteiger partial charge in [0.15, 0.2) is 0 Å². The van der Waals surface area contributed by atoms with Crippen LogP contribution in [-0.4, -0.2) is 44.7 Å². The summed E-state index contributed by atoms with van der Waals surface area (Å²) < 4.78 is 5.19. The molecule has 0 bridgehead atoms. The summed E-state index contributed by atoms with van der Waals surface area (Å²) in [5.74, 6) is 1.55. The number of nitrogens with zero attached hydrogens (tertiary/aromatic N) is 2. The van der Waals surface area contributed by atoms with E-state index in [2.05, 4.69) is 29.7 Å². The van der Waals surface area contributed by atoms with Crippen molar-refractivity contribution >= 4 is 11.4 Å². The van der Waals surface area contributed by atoms with E-state index in [1.165, 1.54) is 6.54 Å². The Morgan fingerprint density at radius 1 is 1.21 bits per heavy atom. The molecule has 0 spiro atoms. The molecular formula is C15H25N3O. The third-order valence-corrected chi connectivity index (χ3v) is 3.57. The summed E-state index contributed by atoms with van der Waals surface area (Å²) in [6, 6.07) is 5.94. The van der Waals surface area contributed by atoms with Crippen LogP contribution >= 0.6 is 0 Å². The van der Waals surface area contributed by atoms with E-state index in [9.17, 15) is 0 Å². The first kappa shape index (κ1) is 14.0. The molecule has 0 aromatic heterocycles. The van der Waals surface area contributed by atoms with Crippen molar-refractivity contribution in [3.05, 3.63) is 18.2 Å². The second-order valence-corrected chi connectivity index (χ2v) is 5.61. The standard InChI is InChI=1S/C15H25N3O/c1-12(2)11-17-6-8-18(9-7-17)15-5-4-13(19-3)10-14(15)16/h4-5,10,12H,6-9,11,16H2,1-3H3. The van der Waals surface area contributed by atoms with Gasteiger partial charge in [0, 0.05) is 38.8 Å². The zero-order valence-corrected chi connectivity index (χ0v) is 12.2. The van der Waals surface area contributed by atoms with E-state index in [4.69, 9.17) is 10.5 Å². The van der Waals surface area contributed by atoms with Crippen molar-refractivity contribution in [2.45, 2.75) is 13.8 Å². The van der Waals surface area contributed by atoms with Gasteiger partial charge in [-0.3, -0.25) is 4.90 Å². The van der Waals surface area contributed by atoms with E-state index >= 15 is 0 Å². The molecule has 1 aliphatic heterocycles. The first-order chi connectivity index (χ1) is 9.10. The summed E-state index contributed by atoms with van der Waals surface area (Å²) in [5.41, 5.74) is 8.04. The molecular weight excluding hydrogens is 238 g/mol. The van der Waals surface area contributed by atoms with E-state index in [-0.39, 0.29) is 0 Å². The van der Waals surface area contributed by atoms with Gasteiger partial charge in [-0.1, -0.05) is 13.8 Å². The lowest BCUT2D eigenvalue weighted by molar-refractivity contribution is 0.231. The predicted octanol–water partition coefficient (Wildman–Crippen LogP) is 2.06. The van der Waals surface area contributed by atoms with Crippen LogP contribution in [0.25, 0.3) is 0 Å². The molecule has 0 saturated carbocycles. The number of methoxy groups -OCH3 is 1. The smallest absolute Gasteiger partial charge is 0.121 e. The van der Waals surface area contributed by atoms with Crippen LogP contribution in [0, 0.1) is 5.92 Å². The fourth-order valence-corrected chi connectivity index (χ4v) is 2.64. The summed E-state index contributed by atoms with van der Waals surface area (Å²) in [6.07, 6.45) is 0. The van der Waals surface area contributed by atoms with E-state index in [1.54, 1.807) is 7.11 Å². The van der Waals surface area contributed by atoms with Gasteiger partial charge in [0.2, 0.25) is 0 Å². The van der Waals surface area contributed by atoms with Crippen molar-refractivity contribution in [2.75, 3.05) is 50.5 Å². The molecule has 1 aliphatic rings. The van der Waals surface area contributed by atoms with E-state index in [1.807, 2.05) is 12.1 Å². The topological polar surface area (TPSA) is 41.7 Å². The highest BCUT2D eigenvalue weighted by molar-refractivity contribution is 5.69. The van der Waals surface area contributed by atoms with Crippen LogP contribution in [0.4, 0.5) is 11.4 Å². The Morgan fingerprint density at radius 2 is 1.89 bits per heavy atom. The molecule has 1 heterocycles. The Bertz CT molecular complexity index is 412. The molecule has 2 N–H and O–H groups in total. The van der Waals surface area contributed by atoms with Gasteiger partial charge in [0.25, 0.3) is 0 Å². The highest BCUT2D eigenvalue weighted by atomic mass is 16.5. The van der Waals surface area contributed by atoms with Crippen molar-refractivity contribution < 1.29 is 4.74 Å². The lowest BCUT2D eigenvalue weighted by Gasteiger charge is -2.37. The number of ether oxygens (including phenoxy) is 1. The van der Waals surface area contributed by atoms with Crippen LogP contribution in [0.3, 0.4) is 0 Å². The average Bonchev–Trinajstić information content (AvgIpc) is 2.39. The Kier molecular flexibility index (Phi) is 4.53. The third-order valence-electron chi connectivity index (χ3n) is 3.57. The van der Waals surface area contributed by atoms with Crippen molar-refractivity contribution in [2.24, 2.45) is 5.92 Å². The van der Waals surface area contributed by atoms with E-state index in [0.29, 0.717) is 0 Å². The minimum absolute atomic E-state index is 0.734. The van der Waals surface area contributed by atoms with Crippen molar-refractivity contribution in [1.82, 2.24) is 4.90 Å². The van der Waals surface area contributed by atoms with Crippen molar-refractivity contribution in [1.29, 1.82) is 0 Å². The molecule has 19 heavy (non-hydrogen) atoms. The highest BCUT2D eigenvalue weighted by Gasteiger charge is 2.19. The van der Waals surface area contributed by atoms with Gasteiger partial charge in [0.1, 0.15) is 5.75 Å². The molecule has 106 valence electrons. The Hall–Kier alpha value is -1.42. The molecule has 1 fully saturated rings. The zero-order valence-electron chi connectivity index (χ0n) is 12.2. The number of anilines is 2. The molecule has 4 nitrogen and oxygen atoms in total. The maximum atomic E-state index is 6.11. The van der Waals surface area contributed by atoms with Crippen LogP contribution in [-0.2, 0) is 0 Å². The number of piperazine rings is 1. The van der Waals surface area contributed by atoms with Crippen LogP contribution in [0.5, 0.6) is 5.75 Å². The fourth-order valence-electron chi connectivity index (χ4n) is 2.64. The van der Waals surface area contributed by atoms with E-state index < -0.39 is 0 Å². The summed E-state index contributed by atoms with van der Waals surface area (Å²) in [6.45, 7) is 10.0. The molecule has 1 aromatic carbocycles. The van der Waals surface area contributed by atoms with Gasteiger partial charge < -0.3 is 15.4 Å². The summed E-state index contributed by atoms with van der Waals surface area (Å²) in [5, 5.41) is 0. The third kappa shape index (κ3) is 3.53. The Labute approximate surface area is 116 Å². The van der Waals surface area contributed by atoms with Gasteiger partial charge in [-0.2, -0.15) is 0 Å². The van der Waals surface area contributed by atoms with Gasteiger partial charge in [-0.05, 0) is 18.1 Å².